The summed E-state index contributed by atoms with van der Waals surface area (Å²) in [4.78, 5) is 0. The smallest absolute Gasteiger partial charge is 0.233 e. The summed E-state index contributed by atoms with van der Waals surface area (Å²) in [5.41, 5.74) is 2.18. The number of methoxy groups -OCH3 is 1. The molecule has 1 unspecified atom stereocenters. The molecule has 4 nitrogen and oxygen atoms in total. The van der Waals surface area contributed by atoms with Crippen LogP contribution in [-0.4, -0.2) is 23.9 Å². The Morgan fingerprint density at radius 1 is 1.19 bits per heavy atom. The molecule has 0 aliphatic rings. The molecule has 1 heterocycles. The van der Waals surface area contributed by atoms with Crippen LogP contribution in [0.15, 0.2) is 40.9 Å². The summed E-state index contributed by atoms with van der Waals surface area (Å²) in [6, 6.07) is 12.2. The van der Waals surface area contributed by atoms with Crippen LogP contribution < -0.4 is 10.1 Å². The number of hydrogen-bond donors (Lipinski definition) is 1. The molecular weight excluding hydrogens is 330 g/mol. The number of benzene rings is 1. The van der Waals surface area contributed by atoms with Gasteiger partial charge in [-0.2, -0.15) is 5.10 Å². The lowest BCUT2D eigenvalue weighted by Crippen LogP contribution is -2.25. The molecule has 112 valence electrons. The van der Waals surface area contributed by atoms with Gasteiger partial charge in [-0.1, -0.05) is 41.1 Å². The third kappa shape index (κ3) is 4.51. The predicted octanol–water partition coefficient (Wildman–Crippen LogP) is 3.53. The maximum absolute atomic E-state index is 5.07. The Morgan fingerprint density at radius 2 is 2.00 bits per heavy atom. The van der Waals surface area contributed by atoms with E-state index in [4.69, 9.17) is 4.74 Å². The molecule has 1 aromatic heterocycles. The summed E-state index contributed by atoms with van der Waals surface area (Å²) in [7, 11) is 1.59. The van der Waals surface area contributed by atoms with Gasteiger partial charge in [-0.05, 0) is 37.1 Å². The van der Waals surface area contributed by atoms with E-state index in [0.717, 1.165) is 29.6 Å². The van der Waals surface area contributed by atoms with Gasteiger partial charge in [-0.15, -0.1) is 5.10 Å². The zero-order chi connectivity index (χ0) is 15.1. The topological polar surface area (TPSA) is 47.0 Å². The Balaban J connectivity index is 2.18. The van der Waals surface area contributed by atoms with Crippen LogP contribution >= 0.6 is 15.9 Å². The van der Waals surface area contributed by atoms with Crippen molar-refractivity contribution in [2.45, 2.75) is 25.8 Å². The number of rotatable bonds is 7. The monoisotopic (exact) mass is 349 g/mol. The van der Waals surface area contributed by atoms with Gasteiger partial charge in [0.05, 0.1) is 18.8 Å². The summed E-state index contributed by atoms with van der Waals surface area (Å²) < 4.78 is 6.19. The van der Waals surface area contributed by atoms with Crippen molar-refractivity contribution in [3.63, 3.8) is 0 Å². The van der Waals surface area contributed by atoms with Crippen molar-refractivity contribution in [1.82, 2.24) is 15.5 Å². The molecule has 5 heteroatoms. The van der Waals surface area contributed by atoms with Crippen LogP contribution in [0.4, 0.5) is 0 Å². The summed E-state index contributed by atoms with van der Waals surface area (Å²) in [5.74, 6) is 0.536. The fourth-order valence-electron chi connectivity index (χ4n) is 2.11. The average molecular weight is 350 g/mol. The minimum Gasteiger partial charge on any atom is -0.480 e. The second-order valence-electron chi connectivity index (χ2n) is 4.80. The Kier molecular flexibility index (Phi) is 6.14. The van der Waals surface area contributed by atoms with E-state index in [1.807, 2.05) is 18.2 Å². The second-order valence-corrected chi connectivity index (χ2v) is 5.66. The highest BCUT2D eigenvalue weighted by molar-refractivity contribution is 9.10. The molecule has 0 saturated heterocycles. The molecular formula is C16H20BrN3O. The summed E-state index contributed by atoms with van der Waals surface area (Å²) in [6.45, 7) is 3.10. The summed E-state index contributed by atoms with van der Waals surface area (Å²) in [5, 5.41) is 11.9. The third-order valence-electron chi connectivity index (χ3n) is 3.25. The van der Waals surface area contributed by atoms with Gasteiger partial charge < -0.3 is 10.1 Å². The van der Waals surface area contributed by atoms with Gasteiger partial charge in [0.15, 0.2) is 0 Å². The van der Waals surface area contributed by atoms with Crippen molar-refractivity contribution in [2.75, 3.05) is 13.7 Å². The Hall–Kier alpha value is -1.46. The lowest BCUT2D eigenvalue weighted by molar-refractivity contribution is 0.389. The summed E-state index contributed by atoms with van der Waals surface area (Å²) >= 11 is 3.60. The van der Waals surface area contributed by atoms with Gasteiger partial charge in [-0.3, -0.25) is 0 Å². The molecule has 2 rings (SSSR count). The number of hydrogen-bond acceptors (Lipinski definition) is 4. The normalized spacial score (nSPS) is 12.1. The zero-order valence-corrected chi connectivity index (χ0v) is 13.9. The van der Waals surface area contributed by atoms with Crippen LogP contribution in [0.1, 0.15) is 30.6 Å². The first-order valence-corrected chi connectivity index (χ1v) is 7.88. The van der Waals surface area contributed by atoms with Gasteiger partial charge >= 0.3 is 0 Å². The van der Waals surface area contributed by atoms with Crippen molar-refractivity contribution < 1.29 is 4.74 Å². The van der Waals surface area contributed by atoms with Crippen LogP contribution in [0.25, 0.3) is 0 Å². The average Bonchev–Trinajstić information content (AvgIpc) is 2.53. The largest absolute Gasteiger partial charge is 0.480 e. The van der Waals surface area contributed by atoms with Crippen molar-refractivity contribution >= 4 is 15.9 Å². The van der Waals surface area contributed by atoms with Crippen LogP contribution in [0.3, 0.4) is 0 Å². The predicted molar refractivity (Wildman–Crippen MR) is 87.5 cm³/mol. The maximum Gasteiger partial charge on any atom is 0.233 e. The minimum atomic E-state index is 0.141. The number of nitrogens with one attached hydrogen (secondary N) is 1. The summed E-state index contributed by atoms with van der Waals surface area (Å²) in [6.07, 6.45) is 1.94. The molecule has 21 heavy (non-hydrogen) atoms. The Bertz CT molecular complexity index is 560. The fourth-order valence-corrected chi connectivity index (χ4v) is 2.56. The van der Waals surface area contributed by atoms with Gasteiger partial charge in [0.25, 0.3) is 0 Å². The van der Waals surface area contributed by atoms with E-state index in [-0.39, 0.29) is 6.04 Å². The molecule has 1 N–H and O–H groups in total. The molecule has 1 atom stereocenters. The van der Waals surface area contributed by atoms with Gasteiger partial charge in [0.1, 0.15) is 0 Å². The molecule has 0 aliphatic carbocycles. The molecule has 0 amide bonds. The maximum atomic E-state index is 5.07. The molecule has 1 aromatic carbocycles. The minimum absolute atomic E-state index is 0.141. The number of aromatic nitrogens is 2. The van der Waals surface area contributed by atoms with Gasteiger partial charge in [0.2, 0.25) is 5.88 Å². The van der Waals surface area contributed by atoms with E-state index in [1.54, 1.807) is 7.11 Å². The highest BCUT2D eigenvalue weighted by Crippen LogP contribution is 2.23. The van der Waals surface area contributed by atoms with E-state index >= 15 is 0 Å². The molecule has 2 aromatic rings. The van der Waals surface area contributed by atoms with Crippen LogP contribution in [0.2, 0.25) is 0 Å². The molecule has 0 fully saturated rings. The van der Waals surface area contributed by atoms with Crippen LogP contribution in [0, 0.1) is 0 Å². The van der Waals surface area contributed by atoms with Crippen LogP contribution in [-0.2, 0) is 6.42 Å². The molecule has 0 aliphatic heterocycles. The molecule has 0 spiro atoms. The van der Waals surface area contributed by atoms with Crippen molar-refractivity contribution in [3.8, 4) is 5.88 Å². The first-order valence-electron chi connectivity index (χ1n) is 7.09. The standard InChI is InChI=1S/C16H20BrN3O/c1-3-10-18-15(11-12-6-4-5-7-13(12)17)14-8-9-16(21-2)20-19-14/h4-9,15,18H,3,10-11H2,1-2H3. The van der Waals surface area contributed by atoms with E-state index in [2.05, 4.69) is 56.6 Å². The lowest BCUT2D eigenvalue weighted by Gasteiger charge is -2.18. The number of halogens is 1. The number of nitrogens with zero attached hydrogens (tertiary/aromatic N) is 2. The van der Waals surface area contributed by atoms with Crippen molar-refractivity contribution in [2.24, 2.45) is 0 Å². The second kappa shape index (κ2) is 8.10. The first-order chi connectivity index (χ1) is 10.2. The van der Waals surface area contributed by atoms with Crippen molar-refractivity contribution in [1.29, 1.82) is 0 Å². The molecule has 0 saturated carbocycles. The zero-order valence-electron chi connectivity index (χ0n) is 12.3. The molecule has 0 bridgehead atoms. The highest BCUT2D eigenvalue weighted by atomic mass is 79.9. The van der Waals surface area contributed by atoms with Crippen molar-refractivity contribution in [3.05, 3.63) is 52.1 Å². The van der Waals surface area contributed by atoms with E-state index in [0.29, 0.717) is 5.88 Å². The quantitative estimate of drug-likeness (QED) is 0.830. The lowest BCUT2D eigenvalue weighted by atomic mass is 10.0. The SMILES string of the molecule is CCCNC(Cc1ccccc1Br)c1ccc(OC)nn1. The highest BCUT2D eigenvalue weighted by Gasteiger charge is 2.15. The van der Waals surface area contributed by atoms with Gasteiger partial charge in [0, 0.05) is 10.5 Å². The Morgan fingerprint density at radius 3 is 2.62 bits per heavy atom. The third-order valence-corrected chi connectivity index (χ3v) is 4.02. The Labute approximate surface area is 134 Å². The fraction of sp³-hybridized carbons (Fsp3) is 0.375. The number of ether oxygens (including phenoxy) is 1. The first kappa shape index (κ1) is 15.9. The van der Waals surface area contributed by atoms with Crippen LogP contribution in [0.5, 0.6) is 5.88 Å². The van der Waals surface area contributed by atoms with Gasteiger partial charge in [-0.25, -0.2) is 0 Å². The van der Waals surface area contributed by atoms with E-state index in [9.17, 15) is 0 Å². The van der Waals surface area contributed by atoms with E-state index in [1.165, 1.54) is 5.56 Å². The molecule has 0 radical (unpaired) electrons. The van der Waals surface area contributed by atoms with E-state index < -0.39 is 0 Å².